The van der Waals surface area contributed by atoms with E-state index in [1.165, 1.54) is 31.7 Å². The summed E-state index contributed by atoms with van der Waals surface area (Å²) in [6.07, 6.45) is 0. The number of thiophene rings is 1. The number of hydrogen-bond acceptors (Lipinski definition) is 4. The summed E-state index contributed by atoms with van der Waals surface area (Å²) in [5.41, 5.74) is 1.28. The number of rotatable bonds is 7. The van der Waals surface area contributed by atoms with Gasteiger partial charge in [-0.15, -0.1) is 24.0 Å². The van der Waals surface area contributed by atoms with Gasteiger partial charge in [0.05, 0.1) is 6.54 Å². The number of guanidine groups is 1. The normalized spacial score (nSPS) is 18.0. The number of halogens is 1. The lowest BCUT2D eigenvalue weighted by molar-refractivity contribution is 0.139. The van der Waals surface area contributed by atoms with E-state index >= 15 is 0 Å². The fourth-order valence-electron chi connectivity index (χ4n) is 2.70. The number of aliphatic imine (C=N–C) groups is 1. The van der Waals surface area contributed by atoms with Crippen LogP contribution in [0, 0.1) is 5.92 Å². The highest BCUT2D eigenvalue weighted by molar-refractivity contribution is 14.0. The molecule has 0 amide bonds. The molecule has 0 aliphatic carbocycles. The highest BCUT2D eigenvalue weighted by atomic mass is 127. The standard InChI is InChI=1S/C17H31N5S.HI/c1-4-18-17(20-12-16-5-10-23-14-16)19-11-15(2)13-22-8-6-21(3)7-9-22;/h5,10,14-15H,4,6-9,11-13H2,1-3H3,(H2,18,19,20);1H. The number of likely N-dealkylation sites (N-methyl/N-ethyl adjacent to an activating group) is 1. The fraction of sp³-hybridized carbons (Fsp3) is 0.706. The Morgan fingerprint density at radius 3 is 2.67 bits per heavy atom. The van der Waals surface area contributed by atoms with Gasteiger partial charge in [0.15, 0.2) is 5.96 Å². The molecule has 5 nitrogen and oxygen atoms in total. The Labute approximate surface area is 167 Å². The minimum absolute atomic E-state index is 0. The van der Waals surface area contributed by atoms with Gasteiger partial charge in [-0.25, -0.2) is 4.99 Å². The maximum atomic E-state index is 4.67. The highest BCUT2D eigenvalue weighted by Crippen LogP contribution is 2.07. The molecule has 1 fully saturated rings. The third kappa shape index (κ3) is 8.13. The Morgan fingerprint density at radius 1 is 1.29 bits per heavy atom. The van der Waals surface area contributed by atoms with Gasteiger partial charge in [0, 0.05) is 45.8 Å². The van der Waals surface area contributed by atoms with E-state index in [4.69, 9.17) is 0 Å². The quantitative estimate of drug-likeness (QED) is 0.369. The summed E-state index contributed by atoms with van der Waals surface area (Å²) in [5, 5.41) is 11.1. The number of piperazine rings is 1. The predicted octanol–water partition coefficient (Wildman–Crippen LogP) is 2.30. The first-order valence-corrected chi connectivity index (χ1v) is 9.55. The van der Waals surface area contributed by atoms with Crippen molar-refractivity contribution in [3.8, 4) is 0 Å². The summed E-state index contributed by atoms with van der Waals surface area (Å²) in [4.78, 5) is 9.64. The molecular weight excluding hydrogens is 433 g/mol. The minimum Gasteiger partial charge on any atom is -0.357 e. The first-order chi connectivity index (χ1) is 11.2. The first kappa shape index (κ1) is 21.7. The molecule has 2 heterocycles. The summed E-state index contributed by atoms with van der Waals surface area (Å²) in [6, 6.07) is 2.13. The van der Waals surface area contributed by atoms with Gasteiger partial charge in [0.1, 0.15) is 0 Å². The van der Waals surface area contributed by atoms with Crippen molar-refractivity contribution in [3.63, 3.8) is 0 Å². The minimum atomic E-state index is 0. The van der Waals surface area contributed by atoms with Crippen LogP contribution >= 0.6 is 35.3 Å². The summed E-state index contributed by atoms with van der Waals surface area (Å²) in [6.45, 7) is 12.9. The van der Waals surface area contributed by atoms with Gasteiger partial charge in [-0.05, 0) is 42.3 Å². The third-order valence-corrected chi connectivity index (χ3v) is 4.86. The summed E-state index contributed by atoms with van der Waals surface area (Å²) in [5.74, 6) is 1.53. The Balaban J connectivity index is 0.00000288. The fourth-order valence-corrected chi connectivity index (χ4v) is 3.36. The van der Waals surface area contributed by atoms with E-state index in [0.717, 1.165) is 32.1 Å². The number of hydrogen-bond donors (Lipinski definition) is 2. The lowest BCUT2D eigenvalue weighted by atomic mass is 10.1. The molecular formula is C17H32IN5S. The molecule has 0 aromatic carbocycles. The van der Waals surface area contributed by atoms with E-state index in [1.54, 1.807) is 11.3 Å². The Bertz CT molecular complexity index is 458. The number of nitrogens with zero attached hydrogens (tertiary/aromatic N) is 3. The average molecular weight is 465 g/mol. The first-order valence-electron chi connectivity index (χ1n) is 8.61. The van der Waals surface area contributed by atoms with E-state index in [-0.39, 0.29) is 24.0 Å². The monoisotopic (exact) mass is 465 g/mol. The Kier molecular flexibility index (Phi) is 10.9. The predicted molar refractivity (Wildman–Crippen MR) is 116 cm³/mol. The molecule has 7 heteroatoms. The second-order valence-electron chi connectivity index (χ2n) is 6.42. The van der Waals surface area contributed by atoms with Crippen LogP contribution in [0.15, 0.2) is 21.8 Å². The molecule has 24 heavy (non-hydrogen) atoms. The van der Waals surface area contributed by atoms with E-state index in [2.05, 4.69) is 63.1 Å². The van der Waals surface area contributed by atoms with Crippen molar-refractivity contribution in [2.24, 2.45) is 10.9 Å². The van der Waals surface area contributed by atoms with Gasteiger partial charge in [-0.3, -0.25) is 0 Å². The zero-order valence-corrected chi connectivity index (χ0v) is 18.3. The summed E-state index contributed by atoms with van der Waals surface area (Å²) >= 11 is 1.72. The number of nitrogens with one attached hydrogen (secondary N) is 2. The van der Waals surface area contributed by atoms with Crippen LogP contribution in [0.4, 0.5) is 0 Å². The van der Waals surface area contributed by atoms with Crippen LogP contribution in [0.5, 0.6) is 0 Å². The van der Waals surface area contributed by atoms with Crippen LogP contribution in [0.3, 0.4) is 0 Å². The second kappa shape index (κ2) is 12.1. The largest absolute Gasteiger partial charge is 0.357 e. The van der Waals surface area contributed by atoms with Crippen molar-refractivity contribution < 1.29 is 0 Å². The third-order valence-electron chi connectivity index (χ3n) is 4.13. The molecule has 1 aliphatic heterocycles. The maximum Gasteiger partial charge on any atom is 0.191 e. The molecule has 0 spiro atoms. The molecule has 1 unspecified atom stereocenters. The average Bonchev–Trinajstić information content (AvgIpc) is 3.06. The summed E-state index contributed by atoms with van der Waals surface area (Å²) in [7, 11) is 2.20. The maximum absolute atomic E-state index is 4.67. The van der Waals surface area contributed by atoms with Gasteiger partial charge < -0.3 is 20.4 Å². The molecule has 1 aromatic rings. The molecule has 2 N–H and O–H groups in total. The topological polar surface area (TPSA) is 42.9 Å². The molecule has 1 atom stereocenters. The molecule has 0 bridgehead atoms. The zero-order valence-electron chi connectivity index (χ0n) is 15.1. The van der Waals surface area contributed by atoms with Crippen LogP contribution in [0.1, 0.15) is 19.4 Å². The molecule has 0 saturated carbocycles. The van der Waals surface area contributed by atoms with Gasteiger partial charge in [0.2, 0.25) is 0 Å². The molecule has 138 valence electrons. The van der Waals surface area contributed by atoms with Crippen LogP contribution in [-0.2, 0) is 6.54 Å². The molecule has 1 aliphatic rings. The van der Waals surface area contributed by atoms with Crippen molar-refractivity contribution in [2.75, 3.05) is 52.9 Å². The van der Waals surface area contributed by atoms with Crippen LogP contribution in [0.2, 0.25) is 0 Å². The summed E-state index contributed by atoms with van der Waals surface area (Å²) < 4.78 is 0. The Hall–Kier alpha value is -0.380. The molecule has 1 aromatic heterocycles. The smallest absolute Gasteiger partial charge is 0.191 e. The SMILES string of the molecule is CCNC(=NCc1ccsc1)NCC(C)CN1CCN(C)CC1.I. The van der Waals surface area contributed by atoms with Crippen molar-refractivity contribution >= 4 is 41.3 Å². The lowest BCUT2D eigenvalue weighted by Gasteiger charge is -2.34. The molecule has 2 rings (SSSR count). The van der Waals surface area contributed by atoms with E-state index < -0.39 is 0 Å². The van der Waals surface area contributed by atoms with Gasteiger partial charge in [-0.2, -0.15) is 11.3 Å². The molecule has 1 saturated heterocycles. The van der Waals surface area contributed by atoms with E-state index in [0.29, 0.717) is 5.92 Å². The Morgan fingerprint density at radius 2 is 2.04 bits per heavy atom. The highest BCUT2D eigenvalue weighted by Gasteiger charge is 2.16. The van der Waals surface area contributed by atoms with Gasteiger partial charge in [-0.1, -0.05) is 6.92 Å². The van der Waals surface area contributed by atoms with Crippen LogP contribution in [-0.4, -0.2) is 68.6 Å². The van der Waals surface area contributed by atoms with E-state index in [1.807, 2.05) is 0 Å². The van der Waals surface area contributed by atoms with Gasteiger partial charge in [0.25, 0.3) is 0 Å². The van der Waals surface area contributed by atoms with Crippen molar-refractivity contribution in [3.05, 3.63) is 22.4 Å². The van der Waals surface area contributed by atoms with Crippen LogP contribution in [0.25, 0.3) is 0 Å². The van der Waals surface area contributed by atoms with Crippen molar-refractivity contribution in [2.45, 2.75) is 20.4 Å². The lowest BCUT2D eigenvalue weighted by Crippen LogP contribution is -2.47. The second-order valence-corrected chi connectivity index (χ2v) is 7.20. The van der Waals surface area contributed by atoms with Crippen molar-refractivity contribution in [1.29, 1.82) is 0 Å². The zero-order chi connectivity index (χ0) is 16.5. The van der Waals surface area contributed by atoms with Crippen LogP contribution < -0.4 is 10.6 Å². The van der Waals surface area contributed by atoms with Crippen molar-refractivity contribution in [1.82, 2.24) is 20.4 Å². The van der Waals surface area contributed by atoms with Gasteiger partial charge >= 0.3 is 0 Å². The van der Waals surface area contributed by atoms with E-state index in [9.17, 15) is 0 Å². The molecule has 0 radical (unpaired) electrons.